The van der Waals surface area contributed by atoms with Crippen LogP contribution in [-0.4, -0.2) is 41.8 Å². The third kappa shape index (κ3) is 3.53. The number of anilines is 1. The molecule has 1 saturated heterocycles. The summed E-state index contributed by atoms with van der Waals surface area (Å²) in [7, 11) is 0. The van der Waals surface area contributed by atoms with Crippen molar-refractivity contribution < 1.29 is 14.6 Å². The van der Waals surface area contributed by atoms with Gasteiger partial charge in [-0.05, 0) is 19.8 Å². The quantitative estimate of drug-likeness (QED) is 0.814. The molecule has 0 saturated carbocycles. The van der Waals surface area contributed by atoms with Gasteiger partial charge in [0.2, 0.25) is 0 Å². The van der Waals surface area contributed by atoms with Gasteiger partial charge in [0.25, 0.3) is 0 Å². The molecule has 1 aromatic rings. The fourth-order valence-corrected chi connectivity index (χ4v) is 3.34. The number of carbonyl (C=O) groups excluding carboxylic acids is 1. The number of nitriles is 1. The Balaban J connectivity index is 2.24. The molecule has 21 heavy (non-hydrogen) atoms. The van der Waals surface area contributed by atoms with Crippen LogP contribution in [0.1, 0.15) is 40.6 Å². The third-order valence-corrected chi connectivity index (χ3v) is 4.59. The van der Waals surface area contributed by atoms with Crippen LogP contribution in [0, 0.1) is 11.3 Å². The number of nitrogens with zero attached hydrogens (tertiary/aromatic N) is 2. The minimum atomic E-state index is -0.428. The molecule has 114 valence electrons. The standard InChI is InChI=1S/C14H19N3O3S/c1-2-20-14(19)12-11(10(7-15)13(16)21-12)8-17-5-3-9(18)4-6-17/h9,18H,2-6,8,16H2,1H3. The Morgan fingerprint density at radius 2 is 2.24 bits per heavy atom. The van der Waals surface area contributed by atoms with E-state index >= 15 is 0 Å². The number of piperidine rings is 1. The number of rotatable bonds is 4. The number of ether oxygens (including phenoxy) is 1. The van der Waals surface area contributed by atoms with Gasteiger partial charge in [0.1, 0.15) is 15.9 Å². The zero-order valence-electron chi connectivity index (χ0n) is 12.0. The summed E-state index contributed by atoms with van der Waals surface area (Å²) in [4.78, 5) is 14.5. The number of nitrogens with two attached hydrogens (primary N) is 1. The average molecular weight is 309 g/mol. The molecule has 0 radical (unpaired) electrons. The Morgan fingerprint density at radius 1 is 1.57 bits per heavy atom. The van der Waals surface area contributed by atoms with Gasteiger partial charge >= 0.3 is 5.97 Å². The van der Waals surface area contributed by atoms with Gasteiger partial charge in [-0.25, -0.2) is 4.79 Å². The van der Waals surface area contributed by atoms with Crippen molar-refractivity contribution in [2.75, 3.05) is 25.4 Å². The molecular formula is C14H19N3O3S. The van der Waals surface area contributed by atoms with Crippen molar-refractivity contribution in [1.82, 2.24) is 4.90 Å². The molecular weight excluding hydrogens is 290 g/mol. The first kappa shape index (κ1) is 15.8. The van der Waals surface area contributed by atoms with E-state index in [1.165, 1.54) is 0 Å². The SMILES string of the molecule is CCOC(=O)c1sc(N)c(C#N)c1CN1CCC(O)CC1. The molecule has 0 spiro atoms. The summed E-state index contributed by atoms with van der Waals surface area (Å²) in [5.41, 5.74) is 6.86. The summed E-state index contributed by atoms with van der Waals surface area (Å²) in [6.07, 6.45) is 1.15. The summed E-state index contributed by atoms with van der Waals surface area (Å²) in [5, 5.41) is 19.2. The Bertz CT molecular complexity index is 557. The van der Waals surface area contributed by atoms with E-state index in [-0.39, 0.29) is 12.7 Å². The highest BCUT2D eigenvalue weighted by Gasteiger charge is 2.26. The first-order valence-electron chi connectivity index (χ1n) is 6.95. The molecule has 1 aliphatic rings. The molecule has 0 unspecified atom stereocenters. The van der Waals surface area contributed by atoms with Crippen molar-refractivity contribution in [3.05, 3.63) is 16.0 Å². The fraction of sp³-hybridized carbons (Fsp3) is 0.571. The number of carbonyl (C=O) groups is 1. The maximum atomic E-state index is 12.0. The molecule has 3 N–H and O–H groups in total. The molecule has 2 rings (SSSR count). The van der Waals surface area contributed by atoms with E-state index in [2.05, 4.69) is 11.0 Å². The Kier molecular flexibility index (Phi) is 5.17. The zero-order valence-corrected chi connectivity index (χ0v) is 12.8. The van der Waals surface area contributed by atoms with Crippen LogP contribution in [-0.2, 0) is 11.3 Å². The molecule has 2 heterocycles. The lowest BCUT2D eigenvalue weighted by Crippen LogP contribution is -2.35. The lowest BCUT2D eigenvalue weighted by atomic mass is 10.1. The maximum Gasteiger partial charge on any atom is 0.348 e. The number of thiophene rings is 1. The molecule has 1 fully saturated rings. The van der Waals surface area contributed by atoms with Crippen molar-refractivity contribution in [2.45, 2.75) is 32.4 Å². The van der Waals surface area contributed by atoms with Gasteiger partial charge < -0.3 is 15.6 Å². The van der Waals surface area contributed by atoms with Crippen LogP contribution >= 0.6 is 11.3 Å². The van der Waals surface area contributed by atoms with Crippen LogP contribution in [0.5, 0.6) is 0 Å². The predicted molar refractivity (Wildman–Crippen MR) is 79.9 cm³/mol. The van der Waals surface area contributed by atoms with Crippen LogP contribution in [0.25, 0.3) is 0 Å². The fourth-order valence-electron chi connectivity index (χ4n) is 2.42. The molecule has 1 aromatic heterocycles. The number of likely N-dealkylation sites (tertiary alicyclic amines) is 1. The smallest absolute Gasteiger partial charge is 0.348 e. The van der Waals surface area contributed by atoms with Gasteiger partial charge in [0.05, 0.1) is 18.3 Å². The highest BCUT2D eigenvalue weighted by Crippen LogP contribution is 2.32. The van der Waals surface area contributed by atoms with Crippen LogP contribution in [0.2, 0.25) is 0 Å². The predicted octanol–water partition coefficient (Wildman–Crippen LogP) is 1.34. The van der Waals surface area contributed by atoms with E-state index < -0.39 is 5.97 Å². The molecule has 0 bridgehead atoms. The van der Waals surface area contributed by atoms with E-state index in [4.69, 9.17) is 10.5 Å². The Hall–Kier alpha value is -1.62. The van der Waals surface area contributed by atoms with E-state index in [1.807, 2.05) is 0 Å². The minimum Gasteiger partial charge on any atom is -0.462 e. The number of aliphatic hydroxyl groups is 1. The number of esters is 1. The van der Waals surface area contributed by atoms with Gasteiger partial charge in [0, 0.05) is 25.2 Å². The lowest BCUT2D eigenvalue weighted by molar-refractivity contribution is 0.0526. The summed E-state index contributed by atoms with van der Waals surface area (Å²) in [6.45, 7) is 3.99. The van der Waals surface area contributed by atoms with Gasteiger partial charge in [-0.1, -0.05) is 0 Å². The van der Waals surface area contributed by atoms with Crippen molar-refractivity contribution in [3.63, 3.8) is 0 Å². The van der Waals surface area contributed by atoms with Gasteiger partial charge in [-0.2, -0.15) is 5.26 Å². The number of nitrogen functional groups attached to an aromatic ring is 1. The monoisotopic (exact) mass is 309 g/mol. The summed E-state index contributed by atoms with van der Waals surface area (Å²) in [5.74, 6) is -0.428. The van der Waals surface area contributed by atoms with Crippen LogP contribution in [0.3, 0.4) is 0 Å². The Morgan fingerprint density at radius 3 is 2.81 bits per heavy atom. The van der Waals surface area contributed by atoms with Crippen molar-refractivity contribution in [1.29, 1.82) is 5.26 Å². The highest BCUT2D eigenvalue weighted by molar-refractivity contribution is 7.18. The average Bonchev–Trinajstić information content (AvgIpc) is 2.77. The second-order valence-electron chi connectivity index (χ2n) is 4.99. The topological polar surface area (TPSA) is 99.6 Å². The van der Waals surface area contributed by atoms with E-state index in [1.54, 1.807) is 6.92 Å². The Labute approximate surface area is 127 Å². The van der Waals surface area contributed by atoms with Crippen LogP contribution in [0.4, 0.5) is 5.00 Å². The molecule has 0 aliphatic carbocycles. The lowest BCUT2D eigenvalue weighted by Gasteiger charge is -2.29. The van der Waals surface area contributed by atoms with E-state index in [9.17, 15) is 15.2 Å². The number of hydrogen-bond donors (Lipinski definition) is 2. The van der Waals surface area contributed by atoms with Crippen LogP contribution in [0.15, 0.2) is 0 Å². The van der Waals surface area contributed by atoms with Crippen molar-refractivity contribution in [2.24, 2.45) is 0 Å². The summed E-state index contributed by atoms with van der Waals surface area (Å²) >= 11 is 1.11. The van der Waals surface area contributed by atoms with Gasteiger partial charge in [0.15, 0.2) is 0 Å². The first-order valence-corrected chi connectivity index (χ1v) is 7.77. The van der Waals surface area contributed by atoms with Gasteiger partial charge in [-0.3, -0.25) is 4.90 Å². The highest BCUT2D eigenvalue weighted by atomic mass is 32.1. The summed E-state index contributed by atoms with van der Waals surface area (Å²) in [6, 6.07) is 2.08. The maximum absolute atomic E-state index is 12.0. The van der Waals surface area contributed by atoms with Crippen LogP contribution < -0.4 is 5.73 Å². The molecule has 0 atom stereocenters. The number of hydrogen-bond acceptors (Lipinski definition) is 7. The molecule has 6 nitrogen and oxygen atoms in total. The largest absolute Gasteiger partial charge is 0.462 e. The number of aliphatic hydroxyl groups excluding tert-OH is 1. The molecule has 1 aliphatic heterocycles. The normalized spacial score (nSPS) is 16.6. The second-order valence-corrected chi connectivity index (χ2v) is 6.04. The molecule has 0 aromatic carbocycles. The van der Waals surface area contributed by atoms with Gasteiger partial charge in [-0.15, -0.1) is 11.3 Å². The van der Waals surface area contributed by atoms with Crippen molar-refractivity contribution in [3.8, 4) is 6.07 Å². The summed E-state index contributed by atoms with van der Waals surface area (Å²) < 4.78 is 5.04. The molecule has 7 heteroatoms. The second kappa shape index (κ2) is 6.89. The van der Waals surface area contributed by atoms with E-state index in [0.717, 1.165) is 24.4 Å². The third-order valence-electron chi connectivity index (χ3n) is 3.55. The zero-order chi connectivity index (χ0) is 15.4. The van der Waals surface area contributed by atoms with E-state index in [0.29, 0.717) is 40.4 Å². The van der Waals surface area contributed by atoms with Crippen molar-refractivity contribution >= 4 is 22.3 Å². The minimum absolute atomic E-state index is 0.256. The first-order chi connectivity index (χ1) is 10.1. The molecule has 0 amide bonds.